The summed E-state index contributed by atoms with van der Waals surface area (Å²) in [6, 6.07) is 1.83. The van der Waals surface area contributed by atoms with Crippen molar-refractivity contribution in [2.75, 3.05) is 5.32 Å². The zero-order valence-corrected chi connectivity index (χ0v) is 12.5. The van der Waals surface area contributed by atoms with Crippen molar-refractivity contribution in [1.82, 2.24) is 14.8 Å². The number of pyridine rings is 1. The second kappa shape index (κ2) is 6.05. The molecule has 0 bridgehead atoms. The van der Waals surface area contributed by atoms with Crippen LogP contribution in [0.2, 0.25) is 5.15 Å². The van der Waals surface area contributed by atoms with Gasteiger partial charge in [0.15, 0.2) is 0 Å². The Bertz CT molecular complexity index is 613. The third kappa shape index (κ3) is 3.17. The summed E-state index contributed by atoms with van der Waals surface area (Å²) in [5.41, 5.74) is 2.65. The van der Waals surface area contributed by atoms with Gasteiger partial charge in [-0.1, -0.05) is 18.5 Å². The first-order valence-corrected chi connectivity index (χ1v) is 6.86. The van der Waals surface area contributed by atoms with E-state index in [0.717, 1.165) is 24.2 Å². The molecule has 0 fully saturated rings. The summed E-state index contributed by atoms with van der Waals surface area (Å²) in [5.74, 6) is -0.268. The van der Waals surface area contributed by atoms with Crippen molar-refractivity contribution in [3.63, 3.8) is 0 Å². The third-order valence-corrected chi connectivity index (χ3v) is 3.14. The molecule has 106 valence electrons. The smallest absolute Gasteiger partial charge is 0.259 e. The molecule has 0 unspecified atom stereocenters. The molecule has 2 rings (SSSR count). The second-order valence-electron chi connectivity index (χ2n) is 4.69. The van der Waals surface area contributed by atoms with Crippen molar-refractivity contribution in [2.24, 2.45) is 0 Å². The van der Waals surface area contributed by atoms with Gasteiger partial charge in [-0.3, -0.25) is 9.48 Å². The molecule has 0 aromatic carbocycles. The van der Waals surface area contributed by atoms with Crippen LogP contribution in [0.25, 0.3) is 0 Å². The van der Waals surface area contributed by atoms with E-state index in [1.807, 2.05) is 19.9 Å². The topological polar surface area (TPSA) is 59.8 Å². The van der Waals surface area contributed by atoms with E-state index in [2.05, 4.69) is 22.3 Å². The van der Waals surface area contributed by atoms with Crippen LogP contribution in [0.4, 0.5) is 5.69 Å². The average molecular weight is 293 g/mol. The zero-order valence-electron chi connectivity index (χ0n) is 11.8. The van der Waals surface area contributed by atoms with Crippen LogP contribution < -0.4 is 5.32 Å². The highest BCUT2D eigenvalue weighted by molar-refractivity contribution is 6.33. The number of halogens is 1. The average Bonchev–Trinajstić information content (AvgIpc) is 2.75. The largest absolute Gasteiger partial charge is 0.319 e. The quantitative estimate of drug-likeness (QED) is 0.880. The van der Waals surface area contributed by atoms with Gasteiger partial charge in [0.25, 0.3) is 5.91 Å². The minimum absolute atomic E-state index is 0.223. The summed E-state index contributed by atoms with van der Waals surface area (Å²) in [7, 11) is 0. The van der Waals surface area contributed by atoms with Gasteiger partial charge in [-0.15, -0.1) is 0 Å². The normalized spacial score (nSPS) is 10.6. The van der Waals surface area contributed by atoms with E-state index in [1.54, 1.807) is 17.1 Å². The van der Waals surface area contributed by atoms with E-state index in [0.29, 0.717) is 11.3 Å². The lowest BCUT2D eigenvalue weighted by Gasteiger charge is -2.08. The lowest BCUT2D eigenvalue weighted by atomic mass is 10.1. The van der Waals surface area contributed by atoms with Crippen LogP contribution in [0.1, 0.15) is 35.0 Å². The summed E-state index contributed by atoms with van der Waals surface area (Å²) in [4.78, 5) is 16.4. The van der Waals surface area contributed by atoms with Crippen molar-refractivity contribution in [3.05, 3.63) is 40.4 Å². The van der Waals surface area contributed by atoms with Gasteiger partial charge in [-0.2, -0.15) is 5.10 Å². The summed E-state index contributed by atoms with van der Waals surface area (Å²) < 4.78 is 1.79. The molecule has 6 heteroatoms. The highest BCUT2D eigenvalue weighted by atomic mass is 35.5. The third-order valence-electron chi connectivity index (χ3n) is 2.87. The number of nitrogens with zero attached hydrogens (tertiary/aromatic N) is 3. The van der Waals surface area contributed by atoms with Crippen molar-refractivity contribution in [3.8, 4) is 0 Å². The van der Waals surface area contributed by atoms with Gasteiger partial charge in [0.05, 0.1) is 17.4 Å². The van der Waals surface area contributed by atoms with E-state index >= 15 is 0 Å². The molecular formula is C14H17ClN4O. The maximum absolute atomic E-state index is 12.3. The van der Waals surface area contributed by atoms with Crippen LogP contribution in [0.5, 0.6) is 0 Å². The molecule has 0 aliphatic carbocycles. The number of nitrogens with one attached hydrogen (secondary N) is 1. The molecule has 0 spiro atoms. The van der Waals surface area contributed by atoms with Crippen LogP contribution in [0.3, 0.4) is 0 Å². The predicted octanol–water partition coefficient (Wildman–Crippen LogP) is 3.21. The van der Waals surface area contributed by atoms with E-state index in [4.69, 9.17) is 11.6 Å². The van der Waals surface area contributed by atoms with Crippen LogP contribution in [0.15, 0.2) is 18.5 Å². The Kier molecular flexibility index (Phi) is 4.39. The van der Waals surface area contributed by atoms with Crippen molar-refractivity contribution in [1.29, 1.82) is 0 Å². The Hall–Kier alpha value is -1.88. The minimum atomic E-state index is -0.268. The van der Waals surface area contributed by atoms with Gasteiger partial charge in [0.2, 0.25) is 0 Å². The van der Waals surface area contributed by atoms with Crippen LogP contribution in [-0.2, 0) is 6.54 Å². The number of carbonyl (C=O) groups is 1. The lowest BCUT2D eigenvalue weighted by molar-refractivity contribution is 0.102. The molecule has 0 radical (unpaired) electrons. The maximum atomic E-state index is 12.3. The molecule has 2 heterocycles. The molecule has 0 atom stereocenters. The Morgan fingerprint density at radius 3 is 2.85 bits per heavy atom. The van der Waals surface area contributed by atoms with Gasteiger partial charge < -0.3 is 5.32 Å². The van der Waals surface area contributed by atoms with Crippen molar-refractivity contribution >= 4 is 23.2 Å². The van der Waals surface area contributed by atoms with E-state index in [-0.39, 0.29) is 11.1 Å². The van der Waals surface area contributed by atoms with Gasteiger partial charge in [-0.05, 0) is 31.9 Å². The van der Waals surface area contributed by atoms with Gasteiger partial charge in [0, 0.05) is 18.4 Å². The summed E-state index contributed by atoms with van der Waals surface area (Å²) >= 11 is 6.06. The molecule has 5 nitrogen and oxygen atoms in total. The molecule has 0 saturated carbocycles. The van der Waals surface area contributed by atoms with Crippen LogP contribution >= 0.6 is 11.6 Å². The van der Waals surface area contributed by atoms with E-state index in [1.165, 1.54) is 0 Å². The first-order chi connectivity index (χ1) is 9.51. The van der Waals surface area contributed by atoms with Gasteiger partial charge >= 0.3 is 0 Å². The number of aryl methyl sites for hydroxylation is 3. The summed E-state index contributed by atoms with van der Waals surface area (Å²) in [6.07, 6.45) is 4.41. The Labute approximate surface area is 123 Å². The number of aromatic nitrogens is 3. The molecular weight excluding hydrogens is 276 g/mol. The lowest BCUT2D eigenvalue weighted by Crippen LogP contribution is -2.14. The van der Waals surface area contributed by atoms with Crippen molar-refractivity contribution < 1.29 is 4.79 Å². The predicted molar refractivity (Wildman–Crippen MR) is 79.2 cm³/mol. The summed E-state index contributed by atoms with van der Waals surface area (Å²) in [5, 5.41) is 7.18. The maximum Gasteiger partial charge on any atom is 0.259 e. The number of hydrogen-bond donors (Lipinski definition) is 1. The molecule has 0 aliphatic heterocycles. The summed E-state index contributed by atoms with van der Waals surface area (Å²) in [6.45, 7) is 6.58. The molecule has 1 N–H and O–H groups in total. The first-order valence-electron chi connectivity index (χ1n) is 6.48. The fourth-order valence-corrected chi connectivity index (χ4v) is 2.41. The number of anilines is 1. The molecule has 1 amide bonds. The van der Waals surface area contributed by atoms with E-state index in [9.17, 15) is 4.79 Å². The van der Waals surface area contributed by atoms with Gasteiger partial charge in [0.1, 0.15) is 5.15 Å². The second-order valence-corrected chi connectivity index (χ2v) is 5.05. The minimum Gasteiger partial charge on any atom is -0.319 e. The highest BCUT2D eigenvalue weighted by Gasteiger charge is 2.16. The zero-order chi connectivity index (χ0) is 14.7. The fraction of sp³-hybridized carbons (Fsp3) is 0.357. The molecule has 2 aromatic rings. The van der Waals surface area contributed by atoms with Crippen molar-refractivity contribution in [2.45, 2.75) is 33.7 Å². The van der Waals surface area contributed by atoms with Gasteiger partial charge in [-0.25, -0.2) is 4.98 Å². The van der Waals surface area contributed by atoms with Crippen LogP contribution in [0, 0.1) is 13.8 Å². The Morgan fingerprint density at radius 2 is 2.20 bits per heavy atom. The number of rotatable bonds is 4. The Balaban J connectivity index is 2.19. The molecule has 20 heavy (non-hydrogen) atoms. The van der Waals surface area contributed by atoms with Crippen LogP contribution in [-0.4, -0.2) is 20.7 Å². The highest BCUT2D eigenvalue weighted by Crippen LogP contribution is 2.20. The first kappa shape index (κ1) is 14.5. The number of hydrogen-bond acceptors (Lipinski definition) is 3. The van der Waals surface area contributed by atoms with E-state index < -0.39 is 0 Å². The standard InChI is InChI=1S/C14H17ClN4O/c1-4-5-19-8-11(7-16-19)18-14(20)12-9(2)6-10(3)17-13(12)15/h6-8H,4-5H2,1-3H3,(H,18,20). The fourth-order valence-electron chi connectivity index (χ4n) is 2.04. The number of amides is 1. The Morgan fingerprint density at radius 1 is 1.45 bits per heavy atom. The molecule has 2 aromatic heterocycles. The SMILES string of the molecule is CCCn1cc(NC(=O)c2c(C)cc(C)nc2Cl)cn1. The monoisotopic (exact) mass is 292 g/mol. The molecule has 0 saturated heterocycles. The number of carbonyl (C=O) groups excluding carboxylic acids is 1. The molecule has 0 aliphatic rings.